The number of methoxy groups -OCH3 is 2. The van der Waals surface area contributed by atoms with E-state index < -0.39 is 17.9 Å². The Balaban J connectivity index is 1.84. The Bertz CT molecular complexity index is 1460. The van der Waals surface area contributed by atoms with E-state index in [1.165, 1.54) is 19.1 Å². The van der Waals surface area contributed by atoms with E-state index in [0.29, 0.717) is 35.7 Å². The summed E-state index contributed by atoms with van der Waals surface area (Å²) in [6.07, 6.45) is 1.85. The molecule has 2 aromatic carbocycles. The van der Waals surface area contributed by atoms with Gasteiger partial charge in [0.2, 0.25) is 12.7 Å². The molecule has 39 heavy (non-hydrogen) atoms. The van der Waals surface area contributed by atoms with E-state index in [-0.39, 0.29) is 41.1 Å². The fourth-order valence-corrected chi connectivity index (χ4v) is 5.14. The monoisotopic (exact) mass is 530 g/mol. The molecule has 3 aliphatic rings. The summed E-state index contributed by atoms with van der Waals surface area (Å²) in [5.74, 6) is -2.21. The lowest BCUT2D eigenvalue weighted by molar-refractivity contribution is -0.139. The molecule has 0 bridgehead atoms. The number of nitriles is 1. The second-order valence-corrected chi connectivity index (χ2v) is 9.03. The summed E-state index contributed by atoms with van der Waals surface area (Å²) in [7, 11) is 2.36. The van der Waals surface area contributed by atoms with Crippen LogP contribution >= 0.6 is 0 Å². The van der Waals surface area contributed by atoms with Gasteiger partial charge in [0.1, 0.15) is 11.5 Å². The number of fused-ring (bicyclic) bond motifs is 1. The maximum Gasteiger partial charge on any atom is 0.355 e. The first-order valence-electron chi connectivity index (χ1n) is 12.3. The third-order valence-corrected chi connectivity index (χ3v) is 6.94. The Kier molecular flexibility index (Phi) is 6.85. The van der Waals surface area contributed by atoms with Crippen LogP contribution < -0.4 is 25.0 Å². The maximum absolute atomic E-state index is 13.5. The van der Waals surface area contributed by atoms with E-state index in [2.05, 4.69) is 6.07 Å². The number of piperidine rings is 1. The van der Waals surface area contributed by atoms with Crippen LogP contribution in [0.5, 0.6) is 11.5 Å². The number of rotatable bonds is 5. The highest BCUT2D eigenvalue weighted by molar-refractivity contribution is 6.08. The number of benzene rings is 2. The Hall–Kier alpha value is -4.98. The quantitative estimate of drug-likeness (QED) is 0.573. The van der Waals surface area contributed by atoms with Gasteiger partial charge in [0.05, 0.1) is 48.7 Å². The van der Waals surface area contributed by atoms with Gasteiger partial charge in [-0.05, 0) is 18.4 Å². The molecule has 2 N–H and O–H groups in total. The second-order valence-electron chi connectivity index (χ2n) is 9.03. The predicted octanol–water partition coefficient (Wildman–Crippen LogP) is 2.83. The highest BCUT2D eigenvalue weighted by atomic mass is 16.7. The third-order valence-electron chi connectivity index (χ3n) is 6.94. The summed E-state index contributed by atoms with van der Waals surface area (Å²) < 4.78 is 21.4. The van der Waals surface area contributed by atoms with Crippen LogP contribution in [0.15, 0.2) is 65.1 Å². The van der Waals surface area contributed by atoms with E-state index in [9.17, 15) is 19.6 Å². The summed E-state index contributed by atoms with van der Waals surface area (Å²) in [6, 6.07) is 14.1. The molecule has 11 heteroatoms. The normalized spacial score (nSPS) is 18.7. The number of ether oxygens (including phenoxy) is 4. The SMILES string of the molecule is COC(=O)C1=C(C(=O)OC)N(c2cc3c(cc2N2CCCCC2=O)OCO3)C(N)=C(C#N)C1c1ccccc1. The number of hydrogen-bond donors (Lipinski definition) is 1. The Labute approximate surface area is 224 Å². The molecule has 3 heterocycles. The van der Waals surface area contributed by atoms with Gasteiger partial charge in [-0.1, -0.05) is 30.3 Å². The average Bonchev–Trinajstić information content (AvgIpc) is 3.43. The Morgan fingerprint density at radius 1 is 1.03 bits per heavy atom. The van der Waals surface area contributed by atoms with Crippen molar-refractivity contribution in [1.29, 1.82) is 5.26 Å². The number of esters is 2. The summed E-state index contributed by atoms with van der Waals surface area (Å²) in [6.45, 7) is 0.381. The summed E-state index contributed by atoms with van der Waals surface area (Å²) >= 11 is 0. The van der Waals surface area contributed by atoms with Gasteiger partial charge in [-0.25, -0.2) is 9.59 Å². The molecule has 5 rings (SSSR count). The van der Waals surface area contributed by atoms with Crippen LogP contribution in [-0.4, -0.2) is 45.4 Å². The minimum absolute atomic E-state index is 0.0165. The molecule has 3 aliphatic heterocycles. The van der Waals surface area contributed by atoms with Crippen molar-refractivity contribution >= 4 is 29.2 Å². The zero-order valence-electron chi connectivity index (χ0n) is 21.4. The second kappa shape index (κ2) is 10.4. The topological polar surface area (TPSA) is 144 Å². The van der Waals surface area contributed by atoms with Crippen molar-refractivity contribution in [3.63, 3.8) is 0 Å². The number of carbonyl (C=O) groups is 3. The van der Waals surface area contributed by atoms with Crippen molar-refractivity contribution in [2.24, 2.45) is 5.73 Å². The molecule has 0 aromatic heterocycles. The molecule has 1 fully saturated rings. The zero-order valence-corrected chi connectivity index (χ0v) is 21.4. The minimum atomic E-state index is -1.01. The smallest absolute Gasteiger partial charge is 0.355 e. The maximum atomic E-state index is 13.5. The number of carbonyl (C=O) groups excluding carboxylic acids is 3. The number of hydrogen-bond acceptors (Lipinski definition) is 10. The van der Waals surface area contributed by atoms with Crippen LogP contribution in [0.2, 0.25) is 0 Å². The van der Waals surface area contributed by atoms with Crippen LogP contribution in [0.4, 0.5) is 11.4 Å². The highest BCUT2D eigenvalue weighted by Crippen LogP contribution is 2.49. The first-order chi connectivity index (χ1) is 18.9. The summed E-state index contributed by atoms with van der Waals surface area (Å²) in [5, 5.41) is 10.3. The van der Waals surface area contributed by atoms with Gasteiger partial charge in [0, 0.05) is 25.1 Å². The van der Waals surface area contributed by atoms with Crippen molar-refractivity contribution in [1.82, 2.24) is 0 Å². The molecule has 0 spiro atoms. The fraction of sp³-hybridized carbons (Fsp3) is 0.286. The summed E-state index contributed by atoms with van der Waals surface area (Å²) in [5.41, 5.74) is 7.50. The molecule has 1 atom stereocenters. The van der Waals surface area contributed by atoms with Gasteiger partial charge in [0.15, 0.2) is 11.5 Å². The molecule has 1 unspecified atom stereocenters. The van der Waals surface area contributed by atoms with Gasteiger partial charge in [0.25, 0.3) is 0 Å². The number of amides is 1. The van der Waals surface area contributed by atoms with Gasteiger partial charge in [-0.2, -0.15) is 5.26 Å². The molecule has 200 valence electrons. The predicted molar refractivity (Wildman–Crippen MR) is 138 cm³/mol. The van der Waals surface area contributed by atoms with Gasteiger partial charge >= 0.3 is 11.9 Å². The van der Waals surface area contributed by atoms with E-state index in [1.54, 1.807) is 47.4 Å². The number of nitrogens with two attached hydrogens (primary N) is 1. The molecular weight excluding hydrogens is 504 g/mol. The van der Waals surface area contributed by atoms with Crippen LogP contribution in [-0.2, 0) is 23.9 Å². The molecule has 2 aromatic rings. The molecule has 0 aliphatic carbocycles. The number of nitrogens with zero attached hydrogens (tertiary/aromatic N) is 3. The van der Waals surface area contributed by atoms with Crippen molar-refractivity contribution in [2.75, 3.05) is 37.4 Å². The standard InChI is InChI=1S/C28H26N4O7/c1-36-27(34)24-23(16-8-4-3-5-9-16)17(14-29)26(30)32(25(24)28(35)37-2)19-13-21-20(38-15-39-21)12-18(19)31-11-7-6-10-22(31)33/h3-5,8-9,12-13,23H,6-7,10-11,15,30H2,1-2H3. The largest absolute Gasteiger partial charge is 0.466 e. The molecule has 1 amide bonds. The van der Waals surface area contributed by atoms with E-state index in [1.807, 2.05) is 0 Å². The van der Waals surface area contributed by atoms with Crippen LogP contribution in [0.1, 0.15) is 30.7 Å². The fourth-order valence-electron chi connectivity index (χ4n) is 5.14. The molecule has 11 nitrogen and oxygen atoms in total. The first kappa shape index (κ1) is 25.7. The van der Waals surface area contributed by atoms with Crippen molar-refractivity contribution in [2.45, 2.75) is 25.2 Å². The number of anilines is 2. The zero-order chi connectivity index (χ0) is 27.7. The van der Waals surface area contributed by atoms with E-state index in [0.717, 1.165) is 12.8 Å². The highest BCUT2D eigenvalue weighted by Gasteiger charge is 2.44. The molecular formula is C28H26N4O7. The Morgan fingerprint density at radius 2 is 1.69 bits per heavy atom. The van der Waals surface area contributed by atoms with Crippen molar-refractivity contribution in [3.8, 4) is 17.6 Å². The van der Waals surface area contributed by atoms with Gasteiger partial charge in [-0.15, -0.1) is 0 Å². The van der Waals surface area contributed by atoms with Crippen molar-refractivity contribution < 1.29 is 33.3 Å². The van der Waals surface area contributed by atoms with Crippen LogP contribution in [0, 0.1) is 11.3 Å². The average molecular weight is 531 g/mol. The lowest BCUT2D eigenvalue weighted by Gasteiger charge is -2.38. The molecule has 0 radical (unpaired) electrons. The van der Waals surface area contributed by atoms with Crippen LogP contribution in [0.3, 0.4) is 0 Å². The number of allylic oxidation sites excluding steroid dienone is 1. The van der Waals surface area contributed by atoms with Crippen LogP contribution in [0.25, 0.3) is 0 Å². The molecule has 1 saturated heterocycles. The lowest BCUT2D eigenvalue weighted by Crippen LogP contribution is -2.42. The van der Waals surface area contributed by atoms with Gasteiger partial charge < -0.3 is 29.6 Å². The summed E-state index contributed by atoms with van der Waals surface area (Å²) in [4.78, 5) is 42.7. The minimum Gasteiger partial charge on any atom is -0.466 e. The lowest BCUT2D eigenvalue weighted by atomic mass is 9.81. The van der Waals surface area contributed by atoms with E-state index in [4.69, 9.17) is 24.7 Å². The molecule has 0 saturated carbocycles. The van der Waals surface area contributed by atoms with Crippen molar-refractivity contribution in [3.05, 3.63) is 70.7 Å². The first-order valence-corrected chi connectivity index (χ1v) is 12.3. The third kappa shape index (κ3) is 4.29. The van der Waals surface area contributed by atoms with Gasteiger partial charge in [-0.3, -0.25) is 9.69 Å². The van der Waals surface area contributed by atoms with E-state index >= 15 is 0 Å². The Morgan fingerprint density at radius 3 is 2.31 bits per heavy atom.